The average molecular weight is 475 g/mol. The molecule has 0 bridgehead atoms. The van der Waals surface area contributed by atoms with Crippen molar-refractivity contribution in [2.45, 2.75) is 58.0 Å². The predicted molar refractivity (Wildman–Crippen MR) is 127 cm³/mol. The maximum Gasteiger partial charge on any atom is 0.243 e. The lowest BCUT2D eigenvalue weighted by Crippen LogP contribution is -2.30. The smallest absolute Gasteiger partial charge is 0.243 e. The molecule has 33 heavy (non-hydrogen) atoms. The Bertz CT molecular complexity index is 1220. The molecule has 0 atom stereocenters. The van der Waals surface area contributed by atoms with Crippen LogP contribution in [0.5, 0.6) is 0 Å². The van der Waals surface area contributed by atoms with Gasteiger partial charge in [0.15, 0.2) is 0 Å². The van der Waals surface area contributed by atoms with Crippen LogP contribution in [0.15, 0.2) is 47.4 Å². The number of rotatable bonds is 11. The molecule has 178 valence electrons. The molecule has 0 unspecified atom stereocenters. The van der Waals surface area contributed by atoms with Gasteiger partial charge in [-0.15, -0.1) is 0 Å². The maximum absolute atomic E-state index is 13.3. The SMILES string of the molecule is CCCn1c(CCC(=O)NCc2cccc(F)c2)nc2cc(S(=O)(=O)N(CC)CC)ccc21. The van der Waals surface area contributed by atoms with Gasteiger partial charge in [-0.3, -0.25) is 4.79 Å². The number of amides is 1. The standard InChI is InChI=1S/C24H31FN4O3S/c1-4-14-29-22-11-10-20(33(31,32)28(5-2)6-3)16-21(22)27-23(29)12-13-24(30)26-17-18-8-7-9-19(25)15-18/h7-11,15-16H,4-6,12-14,17H2,1-3H3,(H,26,30). The van der Waals surface area contributed by atoms with Crippen LogP contribution in [0.25, 0.3) is 11.0 Å². The lowest BCUT2D eigenvalue weighted by molar-refractivity contribution is -0.121. The zero-order chi connectivity index (χ0) is 24.0. The summed E-state index contributed by atoms with van der Waals surface area (Å²) in [6.45, 7) is 7.46. The van der Waals surface area contributed by atoms with E-state index in [1.807, 2.05) is 18.4 Å². The third kappa shape index (κ3) is 5.78. The molecule has 0 saturated heterocycles. The van der Waals surface area contributed by atoms with Gasteiger partial charge in [0.1, 0.15) is 11.6 Å². The first-order chi connectivity index (χ1) is 15.8. The molecule has 1 aromatic heterocycles. The van der Waals surface area contributed by atoms with Crippen molar-refractivity contribution in [3.63, 3.8) is 0 Å². The molecule has 1 amide bonds. The van der Waals surface area contributed by atoms with Gasteiger partial charge in [0.2, 0.25) is 15.9 Å². The molecule has 0 aliphatic heterocycles. The van der Waals surface area contributed by atoms with Gasteiger partial charge in [-0.1, -0.05) is 32.9 Å². The third-order valence-electron chi connectivity index (χ3n) is 5.54. The molecule has 3 aromatic rings. The molecule has 7 nitrogen and oxygen atoms in total. The second-order valence-corrected chi connectivity index (χ2v) is 9.76. The number of fused-ring (bicyclic) bond motifs is 1. The van der Waals surface area contributed by atoms with E-state index in [-0.39, 0.29) is 29.6 Å². The van der Waals surface area contributed by atoms with Crippen molar-refractivity contribution < 1.29 is 17.6 Å². The van der Waals surface area contributed by atoms with Crippen molar-refractivity contribution in [1.29, 1.82) is 0 Å². The summed E-state index contributed by atoms with van der Waals surface area (Å²) in [7, 11) is -3.58. The zero-order valence-electron chi connectivity index (χ0n) is 19.3. The minimum absolute atomic E-state index is 0.154. The minimum Gasteiger partial charge on any atom is -0.352 e. The van der Waals surface area contributed by atoms with Gasteiger partial charge in [0, 0.05) is 39.0 Å². The number of imidazole rings is 1. The van der Waals surface area contributed by atoms with Crippen molar-refractivity contribution in [3.8, 4) is 0 Å². The number of carbonyl (C=O) groups excluding carboxylic acids is 1. The monoisotopic (exact) mass is 474 g/mol. The molecule has 0 fully saturated rings. The molecule has 0 spiro atoms. The van der Waals surface area contributed by atoms with Crippen LogP contribution in [0.2, 0.25) is 0 Å². The molecule has 0 aliphatic rings. The second kappa shape index (κ2) is 10.9. The van der Waals surface area contributed by atoms with E-state index < -0.39 is 10.0 Å². The van der Waals surface area contributed by atoms with Crippen molar-refractivity contribution >= 4 is 27.0 Å². The van der Waals surface area contributed by atoms with Crippen LogP contribution < -0.4 is 5.32 Å². The van der Waals surface area contributed by atoms with Gasteiger partial charge in [0.25, 0.3) is 0 Å². The van der Waals surface area contributed by atoms with Crippen molar-refractivity contribution in [2.24, 2.45) is 0 Å². The van der Waals surface area contributed by atoms with Gasteiger partial charge in [0.05, 0.1) is 15.9 Å². The number of hydrogen-bond acceptors (Lipinski definition) is 4. The highest BCUT2D eigenvalue weighted by Gasteiger charge is 2.23. The maximum atomic E-state index is 13.3. The van der Waals surface area contributed by atoms with E-state index in [0.29, 0.717) is 30.6 Å². The molecule has 1 heterocycles. The largest absolute Gasteiger partial charge is 0.352 e. The van der Waals surface area contributed by atoms with Gasteiger partial charge in [-0.2, -0.15) is 4.31 Å². The summed E-state index contributed by atoms with van der Waals surface area (Å²) in [4.78, 5) is 17.2. The Balaban J connectivity index is 1.77. The number of benzene rings is 2. The van der Waals surface area contributed by atoms with E-state index in [2.05, 4.69) is 17.2 Å². The lowest BCUT2D eigenvalue weighted by Gasteiger charge is -2.18. The number of sulfonamides is 1. The predicted octanol–water partition coefficient (Wildman–Crippen LogP) is 3.86. The molecule has 9 heteroatoms. The first-order valence-electron chi connectivity index (χ1n) is 11.3. The van der Waals surface area contributed by atoms with Crippen LogP contribution in [0.4, 0.5) is 4.39 Å². The van der Waals surface area contributed by atoms with Gasteiger partial charge < -0.3 is 9.88 Å². The third-order valence-corrected chi connectivity index (χ3v) is 7.59. The lowest BCUT2D eigenvalue weighted by atomic mass is 10.2. The molecule has 2 aromatic carbocycles. The first-order valence-corrected chi connectivity index (χ1v) is 12.7. The summed E-state index contributed by atoms with van der Waals surface area (Å²) in [5, 5.41) is 2.81. The van der Waals surface area contributed by atoms with Crippen LogP contribution in [-0.2, 0) is 34.3 Å². The fourth-order valence-corrected chi connectivity index (χ4v) is 5.34. The Hall–Kier alpha value is -2.78. The normalized spacial score (nSPS) is 11.9. The van der Waals surface area contributed by atoms with Crippen LogP contribution in [-0.4, -0.2) is 41.3 Å². The van der Waals surface area contributed by atoms with Crippen LogP contribution in [0, 0.1) is 5.82 Å². The number of nitrogens with zero attached hydrogens (tertiary/aromatic N) is 3. The first kappa shape index (κ1) is 24.9. The summed E-state index contributed by atoms with van der Waals surface area (Å²) in [5.41, 5.74) is 2.15. The quantitative estimate of drug-likeness (QED) is 0.457. The van der Waals surface area contributed by atoms with Gasteiger partial charge in [-0.05, 0) is 42.3 Å². The fourth-order valence-electron chi connectivity index (χ4n) is 3.86. The Morgan fingerprint density at radius 1 is 1.12 bits per heavy atom. The second-order valence-electron chi connectivity index (χ2n) is 7.83. The number of halogens is 1. The van der Waals surface area contributed by atoms with Crippen molar-refractivity contribution in [3.05, 3.63) is 59.7 Å². The molecule has 0 saturated carbocycles. The number of hydrogen-bond donors (Lipinski definition) is 1. The number of aryl methyl sites for hydroxylation is 2. The zero-order valence-corrected chi connectivity index (χ0v) is 20.2. The Morgan fingerprint density at radius 3 is 2.55 bits per heavy atom. The number of carbonyl (C=O) groups is 1. The molecule has 0 aliphatic carbocycles. The minimum atomic E-state index is -3.58. The molecular weight excluding hydrogens is 443 g/mol. The molecular formula is C24H31FN4O3S. The molecule has 3 rings (SSSR count). The van der Waals surface area contributed by atoms with Crippen LogP contribution in [0.1, 0.15) is 45.0 Å². The van der Waals surface area contributed by atoms with Crippen LogP contribution >= 0.6 is 0 Å². The van der Waals surface area contributed by atoms with E-state index in [0.717, 1.165) is 24.3 Å². The van der Waals surface area contributed by atoms with E-state index in [9.17, 15) is 17.6 Å². The Kier molecular flexibility index (Phi) is 8.20. The highest BCUT2D eigenvalue weighted by Crippen LogP contribution is 2.24. The highest BCUT2D eigenvalue weighted by molar-refractivity contribution is 7.89. The molecule has 0 radical (unpaired) electrons. The molecule has 1 N–H and O–H groups in total. The summed E-state index contributed by atoms with van der Waals surface area (Å²) < 4.78 is 42.6. The fraction of sp³-hybridized carbons (Fsp3) is 0.417. The average Bonchev–Trinajstić information content (AvgIpc) is 3.14. The van der Waals surface area contributed by atoms with Gasteiger partial charge in [-0.25, -0.2) is 17.8 Å². The van der Waals surface area contributed by atoms with E-state index in [1.165, 1.54) is 16.4 Å². The summed E-state index contributed by atoms with van der Waals surface area (Å²) in [6.07, 6.45) is 1.53. The van der Waals surface area contributed by atoms with Crippen molar-refractivity contribution in [2.75, 3.05) is 13.1 Å². The summed E-state index contributed by atoms with van der Waals surface area (Å²) >= 11 is 0. The summed E-state index contributed by atoms with van der Waals surface area (Å²) in [5.74, 6) is 0.252. The Labute approximate surface area is 194 Å². The number of nitrogens with one attached hydrogen (secondary N) is 1. The Morgan fingerprint density at radius 2 is 1.88 bits per heavy atom. The highest BCUT2D eigenvalue weighted by atomic mass is 32.2. The van der Waals surface area contributed by atoms with E-state index >= 15 is 0 Å². The van der Waals surface area contributed by atoms with Gasteiger partial charge >= 0.3 is 0 Å². The van der Waals surface area contributed by atoms with Crippen molar-refractivity contribution in [1.82, 2.24) is 19.2 Å². The number of aromatic nitrogens is 2. The summed E-state index contributed by atoms with van der Waals surface area (Å²) in [6, 6.07) is 11.2. The van der Waals surface area contributed by atoms with E-state index in [4.69, 9.17) is 0 Å². The van der Waals surface area contributed by atoms with Crippen LogP contribution in [0.3, 0.4) is 0 Å². The topological polar surface area (TPSA) is 84.3 Å². The van der Waals surface area contributed by atoms with E-state index in [1.54, 1.807) is 30.3 Å².